The van der Waals surface area contributed by atoms with Crippen LogP contribution in [0.3, 0.4) is 0 Å². The van der Waals surface area contributed by atoms with Crippen LogP contribution in [0.15, 0.2) is 53.1 Å². The highest BCUT2D eigenvalue weighted by molar-refractivity contribution is 5.76. The third-order valence-electron chi connectivity index (χ3n) is 8.81. The Balaban J connectivity index is 1.23. The molecule has 1 saturated heterocycles. The highest BCUT2D eigenvalue weighted by atomic mass is 16.7. The Morgan fingerprint density at radius 3 is 2.71 bits per heavy atom. The van der Waals surface area contributed by atoms with Gasteiger partial charge in [0.25, 0.3) is 0 Å². The van der Waals surface area contributed by atoms with Crippen molar-refractivity contribution in [1.29, 1.82) is 0 Å². The highest BCUT2D eigenvalue weighted by Gasteiger charge is 2.61. The second kappa shape index (κ2) is 9.96. The number of furan rings is 1. The first-order valence-electron chi connectivity index (χ1n) is 12.8. The lowest BCUT2D eigenvalue weighted by Crippen LogP contribution is -2.63. The quantitative estimate of drug-likeness (QED) is 0.610. The van der Waals surface area contributed by atoms with Gasteiger partial charge >= 0.3 is 0 Å². The molecule has 1 amide bonds. The summed E-state index contributed by atoms with van der Waals surface area (Å²) < 4.78 is 23.8. The number of carbonyl (C=O) groups excluding carboxylic acids is 1. The van der Waals surface area contributed by atoms with Crippen LogP contribution in [0.2, 0.25) is 0 Å². The SMILES string of the molecule is C[C@@]12CO[C@@H](COc3ccccc3)O[C@@H]1CC[C@]1(C)[C@@H]2CC[C@@H](O)[C@H]1CC(=O)NCc1ccco1. The molecule has 3 fully saturated rings. The summed E-state index contributed by atoms with van der Waals surface area (Å²) in [5.74, 6) is 1.68. The molecule has 0 radical (unpaired) electrons. The predicted octanol–water partition coefficient (Wildman–Crippen LogP) is 4.30. The number of aliphatic hydroxyl groups is 1. The van der Waals surface area contributed by atoms with E-state index in [1.54, 1.807) is 6.26 Å². The summed E-state index contributed by atoms with van der Waals surface area (Å²) in [4.78, 5) is 12.8. The van der Waals surface area contributed by atoms with Gasteiger partial charge in [-0.1, -0.05) is 32.0 Å². The summed E-state index contributed by atoms with van der Waals surface area (Å²) in [5.41, 5.74) is -0.329. The number of rotatable bonds is 7. The van der Waals surface area contributed by atoms with Crippen LogP contribution in [0.25, 0.3) is 0 Å². The largest absolute Gasteiger partial charge is 0.488 e. The van der Waals surface area contributed by atoms with Crippen LogP contribution in [0.1, 0.15) is 51.7 Å². The summed E-state index contributed by atoms with van der Waals surface area (Å²) in [7, 11) is 0. The number of hydrogen-bond donors (Lipinski definition) is 2. The maximum absolute atomic E-state index is 12.8. The molecule has 7 heteroatoms. The van der Waals surface area contributed by atoms with E-state index in [0.29, 0.717) is 38.5 Å². The number of fused-ring (bicyclic) bond motifs is 3. The average molecular weight is 484 g/mol. The molecule has 2 saturated carbocycles. The van der Waals surface area contributed by atoms with Gasteiger partial charge in [0, 0.05) is 11.8 Å². The van der Waals surface area contributed by atoms with E-state index in [0.717, 1.165) is 30.8 Å². The molecule has 190 valence electrons. The fourth-order valence-corrected chi connectivity index (χ4v) is 6.93. The number of nitrogens with one attached hydrogen (secondary N) is 1. The summed E-state index contributed by atoms with van der Waals surface area (Å²) in [6.45, 7) is 5.84. The number of ether oxygens (including phenoxy) is 3. The Labute approximate surface area is 207 Å². The topological polar surface area (TPSA) is 90.2 Å². The molecule has 0 bridgehead atoms. The molecule has 0 unspecified atom stereocenters. The molecule has 2 heterocycles. The van der Waals surface area contributed by atoms with E-state index in [4.69, 9.17) is 18.6 Å². The van der Waals surface area contributed by atoms with Gasteiger partial charge in [-0.2, -0.15) is 0 Å². The molecule has 1 aliphatic heterocycles. The maximum Gasteiger partial charge on any atom is 0.220 e. The summed E-state index contributed by atoms with van der Waals surface area (Å²) in [5, 5.41) is 14.0. The molecule has 1 aromatic carbocycles. The molecular formula is C28H37NO6. The van der Waals surface area contributed by atoms with Crippen molar-refractivity contribution in [1.82, 2.24) is 5.32 Å². The number of benzene rings is 1. The van der Waals surface area contributed by atoms with E-state index in [1.165, 1.54) is 0 Å². The molecule has 1 aromatic heterocycles. The first kappa shape index (κ1) is 24.3. The molecule has 35 heavy (non-hydrogen) atoms. The van der Waals surface area contributed by atoms with Gasteiger partial charge in [0.05, 0.1) is 31.6 Å². The molecular weight excluding hydrogens is 446 g/mol. The first-order chi connectivity index (χ1) is 16.9. The third kappa shape index (κ3) is 4.86. The van der Waals surface area contributed by atoms with Crippen LogP contribution in [0.5, 0.6) is 5.75 Å². The Morgan fingerprint density at radius 2 is 1.94 bits per heavy atom. The van der Waals surface area contributed by atoms with Gasteiger partial charge in [-0.15, -0.1) is 0 Å². The van der Waals surface area contributed by atoms with Gasteiger partial charge in [-0.25, -0.2) is 0 Å². The molecule has 0 spiro atoms. The standard InChI is InChI=1S/C28H37NO6/c1-27-13-12-24-28(2,18-34-26(35-24)17-33-19-7-4-3-5-8-19)23(27)11-10-22(30)21(27)15-25(31)29-16-20-9-6-14-32-20/h3-9,14,21-24,26,30H,10-13,15-18H2,1-2H3,(H,29,31)/t21-,22-,23+,24-,26-,27+,28+/m1/s1. The van der Waals surface area contributed by atoms with Crippen molar-refractivity contribution in [3.63, 3.8) is 0 Å². The minimum Gasteiger partial charge on any atom is -0.488 e. The molecule has 5 rings (SSSR count). The van der Waals surface area contributed by atoms with Crippen molar-refractivity contribution in [2.75, 3.05) is 13.2 Å². The molecule has 3 aliphatic rings. The lowest BCUT2D eigenvalue weighted by atomic mass is 9.46. The van der Waals surface area contributed by atoms with Gasteiger partial charge < -0.3 is 29.1 Å². The zero-order chi connectivity index (χ0) is 24.5. The van der Waals surface area contributed by atoms with Crippen molar-refractivity contribution in [3.05, 3.63) is 54.5 Å². The molecule has 2 N–H and O–H groups in total. The summed E-state index contributed by atoms with van der Waals surface area (Å²) in [6.07, 6.45) is 4.50. The highest BCUT2D eigenvalue weighted by Crippen LogP contribution is 2.62. The monoisotopic (exact) mass is 483 g/mol. The van der Waals surface area contributed by atoms with E-state index in [2.05, 4.69) is 19.2 Å². The number of amides is 1. The molecule has 7 nitrogen and oxygen atoms in total. The second-order valence-corrected chi connectivity index (χ2v) is 10.9. The fraction of sp³-hybridized carbons (Fsp3) is 0.607. The van der Waals surface area contributed by atoms with Crippen LogP contribution in [-0.2, 0) is 20.8 Å². The number of aliphatic hydroxyl groups excluding tert-OH is 1. The zero-order valence-corrected chi connectivity index (χ0v) is 20.7. The van der Waals surface area contributed by atoms with Crippen LogP contribution in [-0.4, -0.2) is 42.7 Å². The third-order valence-corrected chi connectivity index (χ3v) is 8.81. The van der Waals surface area contributed by atoms with E-state index in [9.17, 15) is 9.90 Å². The van der Waals surface area contributed by atoms with Gasteiger partial charge in [0.2, 0.25) is 5.91 Å². The van der Waals surface area contributed by atoms with Gasteiger partial charge in [-0.3, -0.25) is 4.79 Å². The first-order valence-corrected chi connectivity index (χ1v) is 12.8. The minimum atomic E-state index is -0.483. The van der Waals surface area contributed by atoms with Crippen LogP contribution < -0.4 is 10.1 Å². The predicted molar refractivity (Wildman–Crippen MR) is 129 cm³/mol. The Hall–Kier alpha value is -2.35. The van der Waals surface area contributed by atoms with Gasteiger partial charge in [0.15, 0.2) is 6.29 Å². The number of carbonyl (C=O) groups is 1. The number of para-hydroxylation sites is 1. The van der Waals surface area contributed by atoms with E-state index in [1.807, 2.05) is 42.5 Å². The van der Waals surface area contributed by atoms with E-state index < -0.39 is 12.4 Å². The fourth-order valence-electron chi connectivity index (χ4n) is 6.93. The van der Waals surface area contributed by atoms with Gasteiger partial charge in [-0.05, 0) is 67.2 Å². The number of hydrogen-bond acceptors (Lipinski definition) is 6. The Kier molecular flexibility index (Phi) is 6.93. The molecule has 2 aliphatic carbocycles. The minimum absolute atomic E-state index is 0.0473. The average Bonchev–Trinajstić information content (AvgIpc) is 3.38. The van der Waals surface area contributed by atoms with E-state index >= 15 is 0 Å². The zero-order valence-electron chi connectivity index (χ0n) is 20.7. The van der Waals surface area contributed by atoms with E-state index in [-0.39, 0.29) is 28.8 Å². The summed E-state index contributed by atoms with van der Waals surface area (Å²) >= 11 is 0. The van der Waals surface area contributed by atoms with Crippen molar-refractivity contribution < 1.29 is 28.5 Å². The van der Waals surface area contributed by atoms with Crippen molar-refractivity contribution in [2.24, 2.45) is 22.7 Å². The van der Waals surface area contributed by atoms with Crippen molar-refractivity contribution in [2.45, 2.75) is 71.0 Å². The molecule has 7 atom stereocenters. The Morgan fingerprint density at radius 1 is 1.11 bits per heavy atom. The normalized spacial score (nSPS) is 36.6. The maximum atomic E-state index is 12.8. The smallest absolute Gasteiger partial charge is 0.220 e. The van der Waals surface area contributed by atoms with Crippen LogP contribution >= 0.6 is 0 Å². The molecule has 2 aromatic rings. The lowest BCUT2D eigenvalue weighted by molar-refractivity contribution is -0.313. The Bertz CT molecular complexity index is 981. The van der Waals surface area contributed by atoms with Crippen LogP contribution in [0, 0.1) is 22.7 Å². The van der Waals surface area contributed by atoms with Gasteiger partial charge in [0.1, 0.15) is 18.1 Å². The summed E-state index contributed by atoms with van der Waals surface area (Å²) in [6, 6.07) is 13.4. The van der Waals surface area contributed by atoms with Crippen molar-refractivity contribution in [3.8, 4) is 5.75 Å². The second-order valence-electron chi connectivity index (χ2n) is 10.9. The lowest BCUT2D eigenvalue weighted by Gasteiger charge is -2.62. The van der Waals surface area contributed by atoms with Crippen molar-refractivity contribution >= 4 is 5.91 Å². The van der Waals surface area contributed by atoms with Crippen LogP contribution in [0.4, 0.5) is 0 Å².